The van der Waals surface area contributed by atoms with Crippen LogP contribution in [0.1, 0.15) is 111 Å². The summed E-state index contributed by atoms with van der Waals surface area (Å²) >= 11 is 0. The van der Waals surface area contributed by atoms with Gasteiger partial charge in [-0.25, -0.2) is 0 Å². The highest BCUT2D eigenvalue weighted by Gasteiger charge is 2.69. The van der Waals surface area contributed by atoms with Gasteiger partial charge in [0.15, 0.2) is 19.7 Å². The van der Waals surface area contributed by atoms with Crippen molar-refractivity contribution < 1.29 is 51.0 Å². The third-order valence-corrected chi connectivity index (χ3v) is 16.2. The molecule has 2 heterocycles. The third kappa shape index (κ3) is 7.14. The number of hydrogen-bond donors (Lipinski definition) is 1. The zero-order valence-corrected chi connectivity index (χ0v) is 34.5. The van der Waals surface area contributed by atoms with Crippen molar-refractivity contribution in [3.05, 3.63) is 70.2 Å². The highest BCUT2D eigenvalue weighted by molar-refractivity contribution is 6.74. The Morgan fingerprint density at radius 3 is 2.20 bits per heavy atom. The summed E-state index contributed by atoms with van der Waals surface area (Å²) in [5, 5.41) is 16.2. The van der Waals surface area contributed by atoms with Gasteiger partial charge in [0, 0.05) is 29.5 Å². The van der Waals surface area contributed by atoms with E-state index < -0.39 is 66.4 Å². The molecule has 56 heavy (non-hydrogen) atoms. The molecule has 3 aliphatic rings. The summed E-state index contributed by atoms with van der Waals surface area (Å²) in [6.07, 6.45) is 1.37. The van der Waals surface area contributed by atoms with Crippen LogP contribution >= 0.6 is 0 Å². The molecule has 0 unspecified atom stereocenters. The number of hydrogen-bond acceptors (Lipinski definition) is 11. The molecule has 0 aliphatic heterocycles. The SMILES string of the molecule is CCCCOc1cncc2c1C(O)=C1C(=O)[C@]3(O[Si](C)(C)C(C)(C)C)C(=O)c4c(OCCCC)noc4[C@@H](N(C)C)[C@@H]3C[C@@H]1[C@H]2c1ccc(OC(F)(F)F)cc1. The molecule has 5 atom stereocenters. The molecule has 1 N–H and O–H groups in total. The van der Waals surface area contributed by atoms with Crippen molar-refractivity contribution >= 4 is 25.6 Å². The van der Waals surface area contributed by atoms with E-state index in [2.05, 4.69) is 14.9 Å². The van der Waals surface area contributed by atoms with Gasteiger partial charge in [0.1, 0.15) is 22.8 Å². The zero-order valence-electron chi connectivity index (χ0n) is 33.5. The van der Waals surface area contributed by atoms with Crippen LogP contribution in [0, 0.1) is 11.8 Å². The first-order valence-corrected chi connectivity index (χ1v) is 22.2. The molecule has 1 fully saturated rings. The number of aromatic nitrogens is 2. The molecular weight excluding hydrogens is 748 g/mol. The molecule has 1 saturated carbocycles. The van der Waals surface area contributed by atoms with Gasteiger partial charge >= 0.3 is 6.36 Å². The van der Waals surface area contributed by atoms with E-state index in [1.165, 1.54) is 30.5 Å². The van der Waals surface area contributed by atoms with Crippen molar-refractivity contribution in [1.29, 1.82) is 0 Å². The number of aliphatic hydroxyl groups excluding tert-OH is 1. The van der Waals surface area contributed by atoms with Gasteiger partial charge < -0.3 is 28.3 Å². The molecule has 0 amide bonds. The van der Waals surface area contributed by atoms with Crippen molar-refractivity contribution in [2.24, 2.45) is 11.8 Å². The number of ketones is 2. The predicted molar refractivity (Wildman–Crippen MR) is 204 cm³/mol. The van der Waals surface area contributed by atoms with E-state index in [0.29, 0.717) is 30.6 Å². The van der Waals surface area contributed by atoms with E-state index >= 15 is 9.59 Å². The highest BCUT2D eigenvalue weighted by atomic mass is 28.4. The minimum Gasteiger partial charge on any atom is -0.507 e. The smallest absolute Gasteiger partial charge is 0.507 e. The van der Waals surface area contributed by atoms with E-state index in [4.69, 9.17) is 18.4 Å². The molecule has 11 nitrogen and oxygen atoms in total. The lowest BCUT2D eigenvalue weighted by atomic mass is 9.54. The van der Waals surface area contributed by atoms with Crippen molar-refractivity contribution in [1.82, 2.24) is 15.0 Å². The van der Waals surface area contributed by atoms with Crippen LogP contribution in [0.3, 0.4) is 0 Å². The molecular formula is C41H52F3N3O8Si. The Kier molecular flexibility index (Phi) is 11.3. The van der Waals surface area contributed by atoms with Crippen molar-refractivity contribution in [3.8, 4) is 17.4 Å². The van der Waals surface area contributed by atoms with E-state index in [9.17, 15) is 18.3 Å². The Balaban J connectivity index is 1.63. The maximum absolute atomic E-state index is 15.9. The Morgan fingerprint density at radius 1 is 0.964 bits per heavy atom. The summed E-state index contributed by atoms with van der Waals surface area (Å²) in [5.74, 6) is -3.95. The number of benzene rings is 1. The summed E-state index contributed by atoms with van der Waals surface area (Å²) in [7, 11) is 0.656. The van der Waals surface area contributed by atoms with E-state index in [0.717, 1.165) is 12.8 Å². The number of alkyl halides is 3. The quantitative estimate of drug-likeness (QED) is 0.101. The lowest BCUT2D eigenvalue weighted by Crippen LogP contribution is -2.68. The standard InChI is InChI=1S/C41H52F3N3O8Si/c1-10-12-18-51-28-22-45-21-26-29(23-14-16-24(17-15-23)53-41(42,43)44)25-20-27-33(47(6)7)35-32(38(46-54-35)52-19-13-11-2)37(50)40(27,55-56(8,9)39(3,4)5)36(49)31(25)34(48)30(26)28/h14-17,21-22,25,27,29,33,48H,10-13,18-20H2,1-9H3/t25-,27+,29-,33+,40+/m1/s1. The molecule has 3 aliphatic carbocycles. The molecule has 0 bridgehead atoms. The number of fused-ring (bicyclic) bond motifs is 4. The maximum atomic E-state index is 15.9. The van der Waals surface area contributed by atoms with E-state index in [-0.39, 0.29) is 52.9 Å². The van der Waals surface area contributed by atoms with Crippen LogP contribution in [0.15, 0.2) is 46.8 Å². The highest BCUT2D eigenvalue weighted by Crippen LogP contribution is 2.62. The number of aliphatic hydroxyl groups is 1. The van der Waals surface area contributed by atoms with E-state index in [1.54, 1.807) is 6.20 Å². The number of nitrogens with zero attached hydrogens (tertiary/aromatic N) is 3. The first-order valence-electron chi connectivity index (χ1n) is 19.3. The number of pyridine rings is 1. The summed E-state index contributed by atoms with van der Waals surface area (Å²) in [6, 6.07) is 4.77. The largest absolute Gasteiger partial charge is 0.573 e. The fourth-order valence-corrected chi connectivity index (χ4v) is 9.57. The van der Waals surface area contributed by atoms with Crippen molar-refractivity contribution in [3.63, 3.8) is 0 Å². The normalized spacial score (nSPS) is 23.7. The second-order valence-corrected chi connectivity index (χ2v) is 21.4. The topological polar surface area (TPSA) is 133 Å². The fourth-order valence-electron chi connectivity index (χ4n) is 8.12. The van der Waals surface area contributed by atoms with Gasteiger partial charge in [-0.15, -0.1) is 13.2 Å². The molecule has 2 aromatic heterocycles. The van der Waals surface area contributed by atoms with Gasteiger partial charge in [0.05, 0.1) is 31.0 Å². The molecule has 0 saturated heterocycles. The molecule has 0 spiro atoms. The summed E-state index contributed by atoms with van der Waals surface area (Å²) < 4.78 is 69.1. The van der Waals surface area contributed by atoms with Gasteiger partial charge in [-0.05, 0) is 79.9 Å². The fraction of sp³-hybridized carbons (Fsp3) is 0.561. The minimum atomic E-state index is -4.90. The Hall–Kier alpha value is -4.21. The summed E-state index contributed by atoms with van der Waals surface area (Å²) in [5.41, 5.74) is -0.789. The maximum Gasteiger partial charge on any atom is 0.573 e. The molecule has 6 rings (SSSR count). The number of rotatable bonds is 13. The Bertz CT molecular complexity index is 1990. The van der Waals surface area contributed by atoms with Crippen LogP contribution < -0.4 is 14.2 Å². The van der Waals surface area contributed by atoms with E-state index in [1.807, 2.05) is 66.7 Å². The van der Waals surface area contributed by atoms with Crippen LogP contribution in [-0.4, -0.2) is 79.3 Å². The van der Waals surface area contributed by atoms with Crippen LogP contribution in [0.5, 0.6) is 17.4 Å². The second kappa shape index (κ2) is 15.3. The van der Waals surface area contributed by atoms with Crippen LogP contribution in [-0.2, 0) is 9.22 Å². The number of unbranched alkanes of at least 4 members (excludes halogenated alkanes) is 2. The predicted octanol–water partition coefficient (Wildman–Crippen LogP) is 9.21. The van der Waals surface area contributed by atoms with Gasteiger partial charge in [-0.3, -0.25) is 19.5 Å². The molecule has 304 valence electrons. The van der Waals surface area contributed by atoms with Gasteiger partial charge in [0.2, 0.25) is 11.6 Å². The van der Waals surface area contributed by atoms with Crippen molar-refractivity contribution in [2.45, 2.75) is 109 Å². The summed E-state index contributed by atoms with van der Waals surface area (Å²) in [6.45, 7) is 14.6. The van der Waals surface area contributed by atoms with Crippen LogP contribution in [0.4, 0.5) is 13.2 Å². The molecule has 3 aromatic rings. The first-order chi connectivity index (χ1) is 26.3. The monoisotopic (exact) mass is 799 g/mol. The lowest BCUT2D eigenvalue weighted by molar-refractivity contribution is -0.274. The number of Topliss-reactive ketones (excluding diaryl/α,β-unsaturated/α-hetero) is 2. The van der Waals surface area contributed by atoms with Crippen molar-refractivity contribution in [2.75, 3.05) is 27.3 Å². The van der Waals surface area contributed by atoms with Crippen LogP contribution in [0.25, 0.3) is 5.76 Å². The zero-order chi connectivity index (χ0) is 41.0. The first kappa shape index (κ1) is 41.4. The number of carbonyl (C=O) groups is 2. The number of ether oxygens (including phenoxy) is 3. The molecule has 0 radical (unpaired) electrons. The Morgan fingerprint density at radius 2 is 1.61 bits per heavy atom. The summed E-state index contributed by atoms with van der Waals surface area (Å²) in [4.78, 5) is 37.7. The van der Waals surface area contributed by atoms with Crippen LogP contribution in [0.2, 0.25) is 18.1 Å². The number of carbonyl (C=O) groups excluding carboxylic acids is 2. The third-order valence-electron chi connectivity index (χ3n) is 11.8. The Labute approximate surface area is 326 Å². The van der Waals surface area contributed by atoms with Gasteiger partial charge in [-0.1, -0.05) is 59.6 Å². The molecule has 1 aromatic carbocycles. The van der Waals surface area contributed by atoms with Gasteiger partial charge in [-0.2, -0.15) is 0 Å². The number of halogens is 3. The second-order valence-electron chi connectivity index (χ2n) is 16.7. The van der Waals surface area contributed by atoms with Gasteiger partial charge in [0.25, 0.3) is 5.88 Å². The average molecular weight is 800 g/mol. The molecule has 15 heteroatoms. The minimum absolute atomic E-state index is 0.0131. The lowest BCUT2D eigenvalue weighted by Gasteiger charge is -2.56. The average Bonchev–Trinajstić information content (AvgIpc) is 3.52.